The second-order valence-electron chi connectivity index (χ2n) is 7.83. The Balaban J connectivity index is 1.59. The number of hydrogen-bond donors (Lipinski definition) is 2. The molecule has 1 heterocycles. The highest BCUT2D eigenvalue weighted by Gasteiger charge is 2.34. The van der Waals surface area contributed by atoms with Gasteiger partial charge in [-0.05, 0) is 68.3 Å². The van der Waals surface area contributed by atoms with Gasteiger partial charge in [0.1, 0.15) is 17.5 Å². The molecule has 0 radical (unpaired) electrons. The van der Waals surface area contributed by atoms with Gasteiger partial charge in [-0.15, -0.1) is 0 Å². The summed E-state index contributed by atoms with van der Waals surface area (Å²) in [6.07, 6.45) is 1.10. The first-order valence-corrected chi connectivity index (χ1v) is 12.1. The summed E-state index contributed by atoms with van der Waals surface area (Å²) in [7, 11) is -0.672. The van der Waals surface area contributed by atoms with Crippen LogP contribution in [0.15, 0.2) is 53.4 Å². The van der Waals surface area contributed by atoms with Gasteiger partial charge < -0.3 is 20.1 Å². The monoisotopic (exact) mass is 475 g/mol. The summed E-state index contributed by atoms with van der Waals surface area (Å²) in [6, 6.07) is 12.2. The molecule has 2 aromatic rings. The largest absolute Gasteiger partial charge is 0.497 e. The minimum atomic E-state index is -3.74. The quantitative estimate of drug-likeness (QED) is 0.605. The van der Waals surface area contributed by atoms with Gasteiger partial charge in [0.15, 0.2) is 0 Å². The number of piperidine rings is 1. The van der Waals surface area contributed by atoms with E-state index < -0.39 is 22.0 Å². The maximum absolute atomic E-state index is 13.0. The highest BCUT2D eigenvalue weighted by Crippen LogP contribution is 2.25. The lowest BCUT2D eigenvalue weighted by atomic mass is 9.98. The molecule has 2 N–H and O–H groups in total. The van der Waals surface area contributed by atoms with E-state index in [0.29, 0.717) is 36.6 Å². The van der Waals surface area contributed by atoms with E-state index in [2.05, 4.69) is 10.6 Å². The fraction of sp³-hybridized carbons (Fsp3) is 0.391. The van der Waals surface area contributed by atoms with Crippen molar-refractivity contribution in [1.82, 2.24) is 9.62 Å². The molecule has 178 valence electrons. The minimum Gasteiger partial charge on any atom is -0.497 e. The summed E-state index contributed by atoms with van der Waals surface area (Å²) in [5, 5.41) is 5.44. The van der Waals surface area contributed by atoms with Crippen molar-refractivity contribution in [3.8, 4) is 11.5 Å². The number of methoxy groups -OCH3 is 2. The van der Waals surface area contributed by atoms with E-state index in [0.717, 1.165) is 0 Å². The van der Waals surface area contributed by atoms with Crippen LogP contribution < -0.4 is 20.1 Å². The predicted octanol–water partition coefficient (Wildman–Crippen LogP) is 2.25. The first-order valence-electron chi connectivity index (χ1n) is 10.6. The van der Waals surface area contributed by atoms with Crippen LogP contribution in [0, 0.1) is 5.92 Å². The number of anilines is 1. The molecule has 0 spiro atoms. The number of nitrogens with one attached hydrogen (secondary N) is 2. The van der Waals surface area contributed by atoms with Crippen molar-refractivity contribution in [2.45, 2.75) is 30.7 Å². The van der Waals surface area contributed by atoms with Gasteiger partial charge in [0.05, 0.1) is 25.0 Å². The Morgan fingerprint density at radius 3 is 2.15 bits per heavy atom. The SMILES string of the molecule is COc1ccc(NC(=O)[C@@H](C)NC(=O)C2CCCN(S(=O)(=O)c3ccc(OC)cc3)C2)cc1. The van der Waals surface area contributed by atoms with Crippen molar-refractivity contribution < 1.29 is 27.5 Å². The summed E-state index contributed by atoms with van der Waals surface area (Å²) >= 11 is 0. The number of nitrogens with zero attached hydrogens (tertiary/aromatic N) is 1. The van der Waals surface area contributed by atoms with Crippen molar-refractivity contribution >= 4 is 27.5 Å². The van der Waals surface area contributed by atoms with Gasteiger partial charge in [0.25, 0.3) is 0 Å². The molecule has 0 aromatic heterocycles. The Kier molecular flexibility index (Phi) is 7.93. The third-order valence-electron chi connectivity index (χ3n) is 5.56. The van der Waals surface area contributed by atoms with Gasteiger partial charge in [-0.1, -0.05) is 0 Å². The Morgan fingerprint density at radius 2 is 1.58 bits per heavy atom. The number of sulfonamides is 1. The summed E-state index contributed by atoms with van der Waals surface area (Å²) in [6.45, 7) is 1.99. The number of amides is 2. The van der Waals surface area contributed by atoms with E-state index in [1.807, 2.05) is 0 Å². The van der Waals surface area contributed by atoms with Crippen molar-refractivity contribution in [1.29, 1.82) is 0 Å². The Bertz CT molecular complexity index is 1070. The second-order valence-corrected chi connectivity index (χ2v) is 9.76. The molecule has 3 rings (SSSR count). The van der Waals surface area contributed by atoms with Crippen molar-refractivity contribution in [3.63, 3.8) is 0 Å². The molecule has 0 saturated carbocycles. The molecular weight excluding hydrogens is 446 g/mol. The van der Waals surface area contributed by atoms with Gasteiger partial charge in [-0.3, -0.25) is 9.59 Å². The van der Waals surface area contributed by atoms with E-state index in [9.17, 15) is 18.0 Å². The molecule has 33 heavy (non-hydrogen) atoms. The first-order chi connectivity index (χ1) is 15.7. The molecule has 10 heteroatoms. The predicted molar refractivity (Wildman–Crippen MR) is 124 cm³/mol. The Morgan fingerprint density at radius 1 is 1.00 bits per heavy atom. The first kappa shape index (κ1) is 24.5. The third-order valence-corrected chi connectivity index (χ3v) is 7.44. The standard InChI is InChI=1S/C23H29N3O6S/c1-16(22(27)25-18-6-8-19(31-2)9-7-18)24-23(28)17-5-4-14-26(15-17)33(29,30)21-12-10-20(32-3)11-13-21/h6-13,16-17H,4-5,14-15H2,1-3H3,(H,24,28)(H,25,27)/t16-,17?/m1/s1. The number of hydrogen-bond acceptors (Lipinski definition) is 6. The van der Waals surface area contributed by atoms with Crippen molar-refractivity contribution in [2.75, 3.05) is 32.6 Å². The third kappa shape index (κ3) is 6.02. The van der Waals surface area contributed by atoms with Crippen LogP contribution in [0.1, 0.15) is 19.8 Å². The zero-order valence-electron chi connectivity index (χ0n) is 18.9. The molecule has 1 saturated heterocycles. The molecule has 2 amide bonds. The van der Waals surface area contributed by atoms with Gasteiger partial charge in [-0.2, -0.15) is 4.31 Å². The summed E-state index contributed by atoms with van der Waals surface area (Å²) in [4.78, 5) is 25.4. The number of carbonyl (C=O) groups is 2. The van der Waals surface area contributed by atoms with E-state index in [1.54, 1.807) is 50.4 Å². The van der Waals surface area contributed by atoms with Gasteiger partial charge >= 0.3 is 0 Å². The fourth-order valence-electron chi connectivity index (χ4n) is 3.59. The summed E-state index contributed by atoms with van der Waals surface area (Å²) < 4.78 is 37.5. The number of benzene rings is 2. The van der Waals surface area contributed by atoms with Gasteiger partial charge in [0, 0.05) is 18.8 Å². The average Bonchev–Trinajstić information content (AvgIpc) is 2.84. The average molecular weight is 476 g/mol. The molecule has 9 nitrogen and oxygen atoms in total. The maximum atomic E-state index is 13.0. The minimum absolute atomic E-state index is 0.0625. The second kappa shape index (κ2) is 10.7. The maximum Gasteiger partial charge on any atom is 0.246 e. The van der Waals surface area contributed by atoms with Crippen LogP contribution in [0.25, 0.3) is 0 Å². The zero-order valence-corrected chi connectivity index (χ0v) is 19.7. The lowest BCUT2D eigenvalue weighted by molar-refractivity contribution is -0.129. The number of carbonyl (C=O) groups excluding carboxylic acids is 2. The molecule has 1 unspecified atom stereocenters. The smallest absolute Gasteiger partial charge is 0.246 e. The van der Waals surface area contributed by atoms with Crippen molar-refractivity contribution in [3.05, 3.63) is 48.5 Å². The van der Waals surface area contributed by atoms with Crippen LogP contribution >= 0.6 is 0 Å². The van der Waals surface area contributed by atoms with Crippen LogP contribution in [0.4, 0.5) is 5.69 Å². The van der Waals surface area contributed by atoms with Crippen LogP contribution in [-0.2, 0) is 19.6 Å². The van der Waals surface area contributed by atoms with Gasteiger partial charge in [-0.25, -0.2) is 8.42 Å². The highest BCUT2D eigenvalue weighted by atomic mass is 32.2. The van der Waals surface area contributed by atoms with E-state index in [4.69, 9.17) is 9.47 Å². The summed E-state index contributed by atoms with van der Waals surface area (Å²) in [5.74, 6) is -0.0235. The molecule has 2 atom stereocenters. The normalized spacial score (nSPS) is 17.6. The lowest BCUT2D eigenvalue weighted by Crippen LogP contribution is -2.49. The number of rotatable bonds is 8. The van der Waals surface area contributed by atoms with Gasteiger partial charge in [0.2, 0.25) is 21.8 Å². The van der Waals surface area contributed by atoms with Crippen LogP contribution in [0.3, 0.4) is 0 Å². The topological polar surface area (TPSA) is 114 Å². The highest BCUT2D eigenvalue weighted by molar-refractivity contribution is 7.89. The van der Waals surface area contributed by atoms with Crippen LogP contribution in [0.5, 0.6) is 11.5 Å². The van der Waals surface area contributed by atoms with Crippen molar-refractivity contribution in [2.24, 2.45) is 5.92 Å². The molecule has 2 aromatic carbocycles. The molecule has 1 fully saturated rings. The molecule has 1 aliphatic heterocycles. The van der Waals surface area contributed by atoms with E-state index in [-0.39, 0.29) is 23.3 Å². The molecule has 0 aliphatic carbocycles. The lowest BCUT2D eigenvalue weighted by Gasteiger charge is -2.31. The molecule has 1 aliphatic rings. The number of ether oxygens (including phenoxy) is 2. The summed E-state index contributed by atoms with van der Waals surface area (Å²) in [5.41, 5.74) is 0.580. The van der Waals surface area contributed by atoms with E-state index in [1.165, 1.54) is 23.5 Å². The Labute approximate surface area is 194 Å². The van der Waals surface area contributed by atoms with E-state index >= 15 is 0 Å². The Hall–Kier alpha value is -3.11. The molecular formula is C23H29N3O6S. The van der Waals surface area contributed by atoms with Crippen LogP contribution in [-0.4, -0.2) is 57.9 Å². The molecule has 0 bridgehead atoms. The fourth-order valence-corrected chi connectivity index (χ4v) is 5.12. The zero-order chi connectivity index (χ0) is 24.0. The van der Waals surface area contributed by atoms with Crippen LogP contribution in [0.2, 0.25) is 0 Å².